The molecule has 0 aliphatic heterocycles. The summed E-state index contributed by atoms with van der Waals surface area (Å²) in [6.07, 6.45) is 1.55. The zero-order valence-corrected chi connectivity index (χ0v) is 14.1. The fraction of sp³-hybridized carbons (Fsp3) is 0.231. The number of carboxylic acids is 1. The van der Waals surface area contributed by atoms with Gasteiger partial charge in [-0.3, -0.25) is 4.79 Å². The maximum absolute atomic E-state index is 12.2. The monoisotopic (exact) mass is 418 g/mol. The average molecular weight is 420 g/mol. The minimum Gasteiger partial charge on any atom is -0.480 e. The fourth-order valence-corrected chi connectivity index (χ4v) is 2.57. The molecule has 1 aromatic heterocycles. The van der Waals surface area contributed by atoms with Crippen LogP contribution in [0.2, 0.25) is 0 Å². The molecule has 1 amide bonds. The number of aromatic nitrogens is 1. The Morgan fingerprint density at radius 1 is 1.38 bits per heavy atom. The second-order valence-electron chi connectivity index (χ2n) is 4.33. The number of aliphatic carboxylic acids is 1. The summed E-state index contributed by atoms with van der Waals surface area (Å²) in [5.41, 5.74) is 1.15. The Balaban J connectivity index is 2.31. The van der Waals surface area contributed by atoms with E-state index in [9.17, 15) is 9.59 Å². The first-order chi connectivity index (χ1) is 9.93. The van der Waals surface area contributed by atoms with E-state index in [-0.39, 0.29) is 6.61 Å². The Labute approximate surface area is 137 Å². The first-order valence-electron chi connectivity index (χ1n) is 5.92. The van der Waals surface area contributed by atoms with E-state index in [0.29, 0.717) is 10.9 Å². The van der Waals surface area contributed by atoms with Gasteiger partial charge in [0.1, 0.15) is 0 Å². The molecule has 0 aliphatic carbocycles. The quantitative estimate of drug-likeness (QED) is 0.694. The SMILES string of the molecule is COCC(NC(=O)c1c[nH]c2cc(Br)c(Br)cc12)C(=O)O. The average Bonchev–Trinajstić information content (AvgIpc) is 2.81. The maximum atomic E-state index is 12.2. The third-order valence-electron chi connectivity index (χ3n) is 2.90. The van der Waals surface area contributed by atoms with Gasteiger partial charge in [-0.05, 0) is 44.0 Å². The first-order valence-corrected chi connectivity index (χ1v) is 7.51. The Bertz CT molecular complexity index is 699. The van der Waals surface area contributed by atoms with Crippen molar-refractivity contribution in [1.29, 1.82) is 0 Å². The van der Waals surface area contributed by atoms with Gasteiger partial charge >= 0.3 is 5.97 Å². The lowest BCUT2D eigenvalue weighted by molar-refractivity contribution is -0.140. The number of carbonyl (C=O) groups is 2. The predicted octanol–water partition coefficient (Wildman–Crippen LogP) is 2.52. The fourth-order valence-electron chi connectivity index (χ4n) is 1.88. The number of hydrogen-bond acceptors (Lipinski definition) is 3. The van der Waals surface area contributed by atoms with Gasteiger partial charge in [0.25, 0.3) is 5.91 Å². The van der Waals surface area contributed by atoms with Crippen molar-refractivity contribution < 1.29 is 19.4 Å². The Morgan fingerprint density at radius 3 is 2.67 bits per heavy atom. The zero-order valence-electron chi connectivity index (χ0n) is 10.9. The number of H-pyrrole nitrogens is 1. The van der Waals surface area contributed by atoms with Gasteiger partial charge in [0.05, 0.1) is 12.2 Å². The predicted molar refractivity (Wildman–Crippen MR) is 84.5 cm³/mol. The molecule has 1 aromatic carbocycles. The van der Waals surface area contributed by atoms with Crippen molar-refractivity contribution in [2.24, 2.45) is 0 Å². The van der Waals surface area contributed by atoms with Gasteiger partial charge in [0.15, 0.2) is 6.04 Å². The third-order valence-corrected chi connectivity index (χ3v) is 4.75. The number of fused-ring (bicyclic) bond motifs is 1. The van der Waals surface area contributed by atoms with Crippen LogP contribution >= 0.6 is 31.9 Å². The molecule has 1 heterocycles. The molecule has 0 spiro atoms. The van der Waals surface area contributed by atoms with E-state index in [4.69, 9.17) is 9.84 Å². The van der Waals surface area contributed by atoms with Gasteiger partial charge in [-0.1, -0.05) is 0 Å². The summed E-state index contributed by atoms with van der Waals surface area (Å²) in [4.78, 5) is 26.3. The van der Waals surface area contributed by atoms with Gasteiger partial charge in [-0.15, -0.1) is 0 Å². The second kappa shape index (κ2) is 6.59. The molecular weight excluding hydrogens is 408 g/mol. The molecule has 0 radical (unpaired) electrons. The second-order valence-corrected chi connectivity index (χ2v) is 6.04. The molecular formula is C13H12Br2N2O4. The van der Waals surface area contributed by atoms with E-state index >= 15 is 0 Å². The number of nitrogens with one attached hydrogen (secondary N) is 2. The Morgan fingerprint density at radius 2 is 2.05 bits per heavy atom. The summed E-state index contributed by atoms with van der Waals surface area (Å²) in [7, 11) is 1.38. The number of aromatic amines is 1. The number of rotatable bonds is 5. The van der Waals surface area contributed by atoms with Crippen LogP contribution < -0.4 is 5.32 Å². The van der Waals surface area contributed by atoms with E-state index in [2.05, 4.69) is 42.2 Å². The molecule has 0 saturated heterocycles. The minimum absolute atomic E-state index is 0.0985. The van der Waals surface area contributed by atoms with Crippen LogP contribution in [0, 0.1) is 0 Å². The molecule has 3 N–H and O–H groups in total. The largest absolute Gasteiger partial charge is 0.480 e. The molecule has 2 aromatic rings. The highest BCUT2D eigenvalue weighted by molar-refractivity contribution is 9.13. The molecule has 0 fully saturated rings. The van der Waals surface area contributed by atoms with Gasteiger partial charge in [-0.2, -0.15) is 0 Å². The molecule has 6 nitrogen and oxygen atoms in total. The number of carbonyl (C=O) groups excluding carboxylic acids is 1. The molecule has 0 saturated carbocycles. The summed E-state index contributed by atoms with van der Waals surface area (Å²) in [6.45, 7) is -0.0985. The van der Waals surface area contributed by atoms with Crippen molar-refractivity contribution >= 4 is 54.6 Å². The van der Waals surface area contributed by atoms with Crippen molar-refractivity contribution in [2.75, 3.05) is 13.7 Å². The third kappa shape index (κ3) is 3.45. The lowest BCUT2D eigenvalue weighted by Gasteiger charge is -2.13. The van der Waals surface area contributed by atoms with Gasteiger partial charge in [0, 0.05) is 33.2 Å². The van der Waals surface area contributed by atoms with Crippen LogP contribution in [0.3, 0.4) is 0 Å². The molecule has 1 atom stereocenters. The van der Waals surface area contributed by atoms with Crippen LogP contribution in [0.15, 0.2) is 27.3 Å². The maximum Gasteiger partial charge on any atom is 0.328 e. The van der Waals surface area contributed by atoms with Crippen molar-refractivity contribution in [3.63, 3.8) is 0 Å². The number of benzene rings is 1. The number of ether oxygens (including phenoxy) is 1. The summed E-state index contributed by atoms with van der Waals surface area (Å²) < 4.78 is 6.44. The molecule has 2 rings (SSSR count). The minimum atomic E-state index is -1.14. The van der Waals surface area contributed by atoms with E-state index in [0.717, 1.165) is 14.5 Å². The highest BCUT2D eigenvalue weighted by atomic mass is 79.9. The van der Waals surface area contributed by atoms with E-state index in [1.807, 2.05) is 6.07 Å². The van der Waals surface area contributed by atoms with Crippen LogP contribution in [0.5, 0.6) is 0 Å². The van der Waals surface area contributed by atoms with Crippen molar-refractivity contribution in [2.45, 2.75) is 6.04 Å². The normalized spacial score (nSPS) is 12.3. The Hall–Kier alpha value is -1.38. The summed E-state index contributed by atoms with van der Waals surface area (Å²) in [5, 5.41) is 12.2. The molecule has 0 aliphatic rings. The summed E-state index contributed by atoms with van der Waals surface area (Å²) in [6, 6.07) is 2.53. The lowest BCUT2D eigenvalue weighted by Crippen LogP contribution is -2.43. The molecule has 1 unspecified atom stereocenters. The number of carboxylic acid groups (broad SMARTS) is 1. The summed E-state index contributed by atoms with van der Waals surface area (Å²) in [5.74, 6) is -1.62. The highest BCUT2D eigenvalue weighted by Crippen LogP contribution is 2.30. The van der Waals surface area contributed by atoms with Crippen LogP contribution in [-0.2, 0) is 9.53 Å². The van der Waals surface area contributed by atoms with Crippen molar-refractivity contribution in [3.05, 3.63) is 32.8 Å². The molecule has 8 heteroatoms. The molecule has 0 bridgehead atoms. The van der Waals surface area contributed by atoms with Crippen molar-refractivity contribution in [1.82, 2.24) is 10.3 Å². The number of halogens is 2. The van der Waals surface area contributed by atoms with Gasteiger partial charge in [0.2, 0.25) is 0 Å². The van der Waals surface area contributed by atoms with Crippen LogP contribution in [-0.4, -0.2) is 41.7 Å². The van der Waals surface area contributed by atoms with Gasteiger partial charge in [-0.25, -0.2) is 4.79 Å². The first kappa shape index (κ1) is 16.0. The van der Waals surface area contributed by atoms with Gasteiger partial charge < -0.3 is 20.1 Å². The Kier molecular flexibility index (Phi) is 5.02. The number of methoxy groups -OCH3 is 1. The number of hydrogen-bond donors (Lipinski definition) is 3. The van der Waals surface area contributed by atoms with Crippen LogP contribution in [0.25, 0.3) is 10.9 Å². The topological polar surface area (TPSA) is 91.4 Å². The van der Waals surface area contributed by atoms with Crippen LogP contribution in [0.4, 0.5) is 0 Å². The van der Waals surface area contributed by atoms with Crippen molar-refractivity contribution in [3.8, 4) is 0 Å². The standard InChI is InChI=1S/C13H12Br2N2O4/c1-21-5-11(13(19)20)17-12(18)7-4-16-10-3-9(15)8(14)2-6(7)10/h2-4,11,16H,5H2,1H3,(H,17,18)(H,19,20). The molecule has 112 valence electrons. The lowest BCUT2D eigenvalue weighted by atomic mass is 10.1. The van der Waals surface area contributed by atoms with E-state index in [1.165, 1.54) is 7.11 Å². The number of amides is 1. The highest BCUT2D eigenvalue weighted by Gasteiger charge is 2.22. The van der Waals surface area contributed by atoms with E-state index < -0.39 is 17.9 Å². The smallest absolute Gasteiger partial charge is 0.328 e. The zero-order chi connectivity index (χ0) is 15.6. The summed E-state index contributed by atoms with van der Waals surface area (Å²) >= 11 is 6.76. The van der Waals surface area contributed by atoms with Crippen LogP contribution in [0.1, 0.15) is 10.4 Å². The van der Waals surface area contributed by atoms with E-state index in [1.54, 1.807) is 12.3 Å². The molecule has 21 heavy (non-hydrogen) atoms.